The van der Waals surface area contributed by atoms with Crippen molar-refractivity contribution >= 4 is 27.0 Å². The van der Waals surface area contributed by atoms with Crippen LogP contribution in [0, 0.1) is 13.8 Å². The van der Waals surface area contributed by atoms with Crippen LogP contribution in [0.2, 0.25) is 0 Å². The minimum atomic E-state index is -3.59. The van der Waals surface area contributed by atoms with Crippen molar-refractivity contribution in [3.8, 4) is 5.69 Å². The fourth-order valence-corrected chi connectivity index (χ4v) is 6.10. The number of amides is 1. The molecule has 0 atom stereocenters. The molecule has 0 radical (unpaired) electrons. The number of sulfonamides is 1. The minimum absolute atomic E-state index is 0.0918. The summed E-state index contributed by atoms with van der Waals surface area (Å²) < 4.78 is 29.8. The highest BCUT2D eigenvalue weighted by atomic mass is 32.2. The lowest BCUT2D eigenvalue weighted by Gasteiger charge is -2.34. The van der Waals surface area contributed by atoms with Crippen LogP contribution in [0.4, 0.5) is 0 Å². The molecule has 1 saturated heterocycles. The monoisotopic (exact) mass is 474 g/mol. The van der Waals surface area contributed by atoms with Crippen LogP contribution in [0.25, 0.3) is 16.7 Å². The molecule has 1 aliphatic rings. The number of hydrogen-bond donors (Lipinski definition) is 0. The zero-order chi connectivity index (χ0) is 23.9. The van der Waals surface area contributed by atoms with Crippen molar-refractivity contribution in [2.24, 2.45) is 0 Å². The van der Waals surface area contributed by atoms with E-state index in [1.807, 2.05) is 79.1 Å². The minimum Gasteiger partial charge on any atom is -0.336 e. The maximum atomic E-state index is 13.2. The molecule has 0 N–H and O–H groups in total. The number of aryl methyl sites for hydroxylation is 2. The summed E-state index contributed by atoms with van der Waals surface area (Å²) in [6.07, 6.45) is 1.77. The molecule has 7 nitrogen and oxygen atoms in total. The summed E-state index contributed by atoms with van der Waals surface area (Å²) in [4.78, 5) is 19.6. The van der Waals surface area contributed by atoms with E-state index in [2.05, 4.69) is 4.98 Å². The molecule has 174 valence electrons. The molecular weight excluding hydrogens is 448 g/mol. The van der Waals surface area contributed by atoms with E-state index in [4.69, 9.17) is 0 Å². The van der Waals surface area contributed by atoms with E-state index in [9.17, 15) is 13.2 Å². The van der Waals surface area contributed by atoms with Gasteiger partial charge in [-0.2, -0.15) is 4.31 Å². The number of carbonyl (C=O) groups is 1. The van der Waals surface area contributed by atoms with Gasteiger partial charge in [-0.25, -0.2) is 13.4 Å². The Labute approximate surface area is 199 Å². The summed E-state index contributed by atoms with van der Waals surface area (Å²) in [6.45, 7) is 4.97. The molecule has 5 rings (SSSR count). The summed E-state index contributed by atoms with van der Waals surface area (Å²) in [5.74, 6) is -0.0918. The first-order valence-electron chi connectivity index (χ1n) is 11.2. The van der Waals surface area contributed by atoms with Gasteiger partial charge < -0.3 is 4.90 Å². The maximum Gasteiger partial charge on any atom is 0.253 e. The van der Waals surface area contributed by atoms with Gasteiger partial charge in [0.2, 0.25) is 10.0 Å². The number of aromatic nitrogens is 2. The zero-order valence-electron chi connectivity index (χ0n) is 19.2. The molecule has 1 aliphatic heterocycles. The van der Waals surface area contributed by atoms with Gasteiger partial charge in [0.05, 0.1) is 15.9 Å². The first-order chi connectivity index (χ1) is 16.3. The van der Waals surface area contributed by atoms with Crippen LogP contribution in [0.15, 0.2) is 78.0 Å². The van der Waals surface area contributed by atoms with Crippen molar-refractivity contribution in [1.29, 1.82) is 0 Å². The topological polar surface area (TPSA) is 75.5 Å². The Balaban J connectivity index is 1.28. The standard InChI is InChI=1S/C26H26N4O3S/c1-19-7-8-20(2)25(17-19)34(32,33)29-15-13-28(14-16-29)26(31)21-9-11-22(12-10-21)30-18-27-23-5-3-4-6-24(23)30/h3-12,17-18H,13-16H2,1-2H3. The molecule has 1 amide bonds. The van der Waals surface area contributed by atoms with E-state index >= 15 is 0 Å². The fourth-order valence-electron chi connectivity index (χ4n) is 4.37. The van der Waals surface area contributed by atoms with Gasteiger partial charge in [0.1, 0.15) is 6.33 Å². The third kappa shape index (κ3) is 3.99. The third-order valence-electron chi connectivity index (χ3n) is 6.33. The lowest BCUT2D eigenvalue weighted by molar-refractivity contribution is 0.0698. The largest absolute Gasteiger partial charge is 0.336 e. The van der Waals surface area contributed by atoms with Gasteiger partial charge in [0.25, 0.3) is 5.91 Å². The highest BCUT2D eigenvalue weighted by Crippen LogP contribution is 2.23. The van der Waals surface area contributed by atoms with Crippen molar-refractivity contribution in [3.05, 3.63) is 89.7 Å². The average molecular weight is 475 g/mol. The van der Waals surface area contributed by atoms with Crippen LogP contribution in [-0.2, 0) is 10.0 Å². The van der Waals surface area contributed by atoms with Gasteiger partial charge in [-0.3, -0.25) is 9.36 Å². The predicted octanol–water partition coefficient (Wildman–Crippen LogP) is 3.79. The smallest absolute Gasteiger partial charge is 0.253 e. The molecule has 3 aromatic carbocycles. The molecular formula is C26H26N4O3S. The van der Waals surface area contributed by atoms with E-state index < -0.39 is 10.0 Å². The van der Waals surface area contributed by atoms with Crippen molar-refractivity contribution < 1.29 is 13.2 Å². The Kier molecular flexibility index (Phi) is 5.71. The maximum absolute atomic E-state index is 13.2. The number of benzene rings is 3. The number of hydrogen-bond acceptors (Lipinski definition) is 4. The Bertz CT molecular complexity index is 1470. The predicted molar refractivity (Wildman–Crippen MR) is 132 cm³/mol. The number of imidazole rings is 1. The van der Waals surface area contributed by atoms with Crippen LogP contribution >= 0.6 is 0 Å². The lowest BCUT2D eigenvalue weighted by atomic mass is 10.1. The second kappa shape index (κ2) is 8.70. The van der Waals surface area contributed by atoms with Gasteiger partial charge in [-0.15, -0.1) is 0 Å². The number of fused-ring (bicyclic) bond motifs is 1. The molecule has 1 aromatic heterocycles. The number of piperazine rings is 1. The summed E-state index contributed by atoms with van der Waals surface area (Å²) >= 11 is 0. The third-order valence-corrected chi connectivity index (χ3v) is 8.37. The van der Waals surface area contributed by atoms with Gasteiger partial charge >= 0.3 is 0 Å². The van der Waals surface area contributed by atoms with Gasteiger partial charge in [-0.1, -0.05) is 24.3 Å². The summed E-state index contributed by atoms with van der Waals surface area (Å²) in [5, 5.41) is 0. The van der Waals surface area contributed by atoms with Crippen LogP contribution < -0.4 is 0 Å². The number of carbonyl (C=O) groups excluding carboxylic acids is 1. The molecule has 34 heavy (non-hydrogen) atoms. The van der Waals surface area contributed by atoms with Crippen molar-refractivity contribution in [2.75, 3.05) is 26.2 Å². The average Bonchev–Trinajstić information content (AvgIpc) is 3.29. The van der Waals surface area contributed by atoms with E-state index in [-0.39, 0.29) is 19.0 Å². The van der Waals surface area contributed by atoms with Gasteiger partial charge in [0, 0.05) is 37.4 Å². The van der Waals surface area contributed by atoms with Crippen molar-refractivity contribution in [2.45, 2.75) is 18.7 Å². The Morgan fingerprint density at radius 1 is 0.882 bits per heavy atom. The highest BCUT2D eigenvalue weighted by Gasteiger charge is 2.31. The summed E-state index contributed by atoms with van der Waals surface area (Å²) in [5.41, 5.74) is 5.06. The Morgan fingerprint density at radius 3 is 2.32 bits per heavy atom. The second-order valence-corrected chi connectivity index (χ2v) is 10.5. The van der Waals surface area contributed by atoms with Crippen LogP contribution in [0.3, 0.4) is 0 Å². The van der Waals surface area contributed by atoms with Crippen molar-refractivity contribution in [1.82, 2.24) is 18.8 Å². The Morgan fingerprint density at radius 2 is 1.59 bits per heavy atom. The van der Waals surface area contributed by atoms with E-state index in [1.54, 1.807) is 17.3 Å². The number of para-hydroxylation sites is 2. The summed E-state index contributed by atoms with van der Waals surface area (Å²) in [7, 11) is -3.59. The first kappa shape index (κ1) is 22.3. The molecule has 4 aromatic rings. The molecule has 1 fully saturated rings. The van der Waals surface area contributed by atoms with Crippen molar-refractivity contribution in [3.63, 3.8) is 0 Å². The second-order valence-electron chi connectivity index (χ2n) is 8.62. The van der Waals surface area contributed by atoms with Gasteiger partial charge in [0.15, 0.2) is 0 Å². The molecule has 0 aliphatic carbocycles. The van der Waals surface area contributed by atoms with Crippen LogP contribution in [0.5, 0.6) is 0 Å². The number of rotatable bonds is 4. The highest BCUT2D eigenvalue weighted by molar-refractivity contribution is 7.89. The van der Waals surface area contributed by atoms with Gasteiger partial charge in [-0.05, 0) is 67.4 Å². The van der Waals surface area contributed by atoms with Crippen LogP contribution in [0.1, 0.15) is 21.5 Å². The van der Waals surface area contributed by atoms with Crippen LogP contribution in [-0.4, -0.2) is 59.3 Å². The van der Waals surface area contributed by atoms with E-state index in [1.165, 1.54) is 4.31 Å². The van der Waals surface area contributed by atoms with E-state index in [0.29, 0.717) is 23.5 Å². The number of nitrogens with zero attached hydrogens (tertiary/aromatic N) is 4. The lowest BCUT2D eigenvalue weighted by Crippen LogP contribution is -2.50. The normalized spacial score (nSPS) is 15.1. The summed E-state index contributed by atoms with van der Waals surface area (Å²) in [6, 6.07) is 20.8. The first-order valence-corrected chi connectivity index (χ1v) is 12.7. The SMILES string of the molecule is Cc1ccc(C)c(S(=O)(=O)N2CCN(C(=O)c3ccc(-n4cnc5ccccc54)cc3)CC2)c1. The molecule has 8 heteroatoms. The Hall–Kier alpha value is -3.49. The molecule has 0 spiro atoms. The fraction of sp³-hybridized carbons (Fsp3) is 0.231. The molecule has 0 saturated carbocycles. The van der Waals surface area contributed by atoms with E-state index in [0.717, 1.165) is 27.8 Å². The molecule has 2 heterocycles. The molecule has 0 bridgehead atoms. The zero-order valence-corrected chi connectivity index (χ0v) is 20.0. The quantitative estimate of drug-likeness (QED) is 0.451. The molecule has 0 unspecified atom stereocenters.